The Morgan fingerprint density at radius 1 is 1.16 bits per heavy atom. The number of hydrogen-bond acceptors (Lipinski definition) is 1. The molecule has 0 amide bonds. The van der Waals surface area contributed by atoms with Gasteiger partial charge in [0, 0.05) is 0 Å². The topological polar surface area (TPSA) is 37.3 Å². The maximum Gasteiger partial charge on any atom is 0.306 e. The molecular formula is C17H26O2. The molecule has 1 N–H and O–H groups in total. The highest BCUT2D eigenvalue weighted by Gasteiger charge is 2.20. The second kappa shape index (κ2) is 6.23. The second-order valence-electron chi connectivity index (χ2n) is 6.82. The zero-order valence-corrected chi connectivity index (χ0v) is 12.7. The largest absolute Gasteiger partial charge is 0.481 e. The summed E-state index contributed by atoms with van der Waals surface area (Å²) >= 11 is 0. The summed E-state index contributed by atoms with van der Waals surface area (Å²) in [6, 6.07) is 8.36. The summed E-state index contributed by atoms with van der Waals surface area (Å²) in [5.74, 6) is -0.552. The molecular weight excluding hydrogens is 236 g/mol. The van der Waals surface area contributed by atoms with Crippen LogP contribution in [0.5, 0.6) is 0 Å². The van der Waals surface area contributed by atoms with E-state index in [4.69, 9.17) is 0 Å². The zero-order valence-electron chi connectivity index (χ0n) is 12.7. The Labute approximate surface area is 116 Å². The molecule has 0 aliphatic heterocycles. The Balaban J connectivity index is 2.78. The van der Waals surface area contributed by atoms with Crippen LogP contribution in [0.25, 0.3) is 0 Å². The number of aliphatic carboxylic acids is 1. The maximum atomic E-state index is 11.3. The smallest absolute Gasteiger partial charge is 0.306 e. The van der Waals surface area contributed by atoms with Crippen LogP contribution in [-0.2, 0) is 16.6 Å². The molecule has 0 saturated heterocycles. The van der Waals surface area contributed by atoms with Crippen molar-refractivity contribution in [2.45, 2.75) is 52.9 Å². The van der Waals surface area contributed by atoms with Gasteiger partial charge >= 0.3 is 5.97 Å². The normalized spacial score (nSPS) is 13.6. The molecule has 0 bridgehead atoms. The van der Waals surface area contributed by atoms with Gasteiger partial charge in [-0.2, -0.15) is 0 Å². The molecule has 19 heavy (non-hydrogen) atoms. The molecule has 2 nitrogen and oxygen atoms in total. The van der Waals surface area contributed by atoms with Crippen molar-refractivity contribution in [3.63, 3.8) is 0 Å². The first-order chi connectivity index (χ1) is 8.70. The van der Waals surface area contributed by atoms with Crippen molar-refractivity contribution in [3.05, 3.63) is 35.4 Å². The monoisotopic (exact) mass is 262 g/mol. The molecule has 0 aliphatic carbocycles. The van der Waals surface area contributed by atoms with Gasteiger partial charge in [0.25, 0.3) is 0 Å². The fourth-order valence-electron chi connectivity index (χ4n) is 2.27. The van der Waals surface area contributed by atoms with Crippen LogP contribution in [0.4, 0.5) is 0 Å². The standard InChI is InChI=1S/C17H26O2/c1-12(2)10-14(16(18)19)11-13-6-8-15(9-7-13)17(3,4)5/h6-9,12,14H,10-11H2,1-5H3,(H,18,19). The van der Waals surface area contributed by atoms with Crippen LogP contribution < -0.4 is 0 Å². The third kappa shape index (κ3) is 5.06. The summed E-state index contributed by atoms with van der Waals surface area (Å²) in [7, 11) is 0. The van der Waals surface area contributed by atoms with Gasteiger partial charge in [-0.15, -0.1) is 0 Å². The van der Waals surface area contributed by atoms with Crippen LogP contribution in [0.3, 0.4) is 0 Å². The molecule has 2 heteroatoms. The Hall–Kier alpha value is -1.31. The number of hydrogen-bond donors (Lipinski definition) is 1. The lowest BCUT2D eigenvalue weighted by Gasteiger charge is -2.20. The van der Waals surface area contributed by atoms with Crippen LogP contribution in [0.2, 0.25) is 0 Å². The third-order valence-electron chi connectivity index (χ3n) is 3.41. The molecule has 0 heterocycles. The van der Waals surface area contributed by atoms with Gasteiger partial charge in [-0.3, -0.25) is 4.79 Å². The number of rotatable bonds is 5. The van der Waals surface area contributed by atoms with Crippen molar-refractivity contribution in [2.75, 3.05) is 0 Å². The third-order valence-corrected chi connectivity index (χ3v) is 3.41. The van der Waals surface area contributed by atoms with Crippen molar-refractivity contribution in [1.82, 2.24) is 0 Å². The SMILES string of the molecule is CC(C)CC(Cc1ccc(C(C)(C)C)cc1)C(=O)O. The van der Waals surface area contributed by atoms with E-state index in [-0.39, 0.29) is 11.3 Å². The van der Waals surface area contributed by atoms with E-state index < -0.39 is 5.97 Å². The van der Waals surface area contributed by atoms with Crippen LogP contribution in [0.15, 0.2) is 24.3 Å². The molecule has 106 valence electrons. The predicted octanol–water partition coefficient (Wildman–Crippen LogP) is 4.27. The van der Waals surface area contributed by atoms with Gasteiger partial charge in [0.2, 0.25) is 0 Å². The van der Waals surface area contributed by atoms with E-state index in [0.717, 1.165) is 12.0 Å². The minimum atomic E-state index is -0.686. The Kier molecular flexibility index (Phi) is 5.16. The Morgan fingerprint density at radius 2 is 1.68 bits per heavy atom. The van der Waals surface area contributed by atoms with E-state index in [0.29, 0.717) is 12.3 Å². The minimum Gasteiger partial charge on any atom is -0.481 e. The van der Waals surface area contributed by atoms with E-state index in [2.05, 4.69) is 58.9 Å². The van der Waals surface area contributed by atoms with Crippen molar-refractivity contribution < 1.29 is 9.90 Å². The average molecular weight is 262 g/mol. The maximum absolute atomic E-state index is 11.3. The Morgan fingerprint density at radius 3 is 2.05 bits per heavy atom. The molecule has 1 aromatic rings. The lowest BCUT2D eigenvalue weighted by molar-refractivity contribution is -0.142. The number of benzene rings is 1. The van der Waals surface area contributed by atoms with Crippen LogP contribution >= 0.6 is 0 Å². The molecule has 1 aromatic carbocycles. The molecule has 0 aromatic heterocycles. The van der Waals surface area contributed by atoms with Gasteiger partial charge in [-0.05, 0) is 35.3 Å². The minimum absolute atomic E-state index is 0.142. The molecule has 0 fully saturated rings. The highest BCUT2D eigenvalue weighted by atomic mass is 16.4. The predicted molar refractivity (Wildman–Crippen MR) is 79.4 cm³/mol. The first-order valence-electron chi connectivity index (χ1n) is 7.02. The Bertz CT molecular complexity index is 410. The summed E-state index contributed by atoms with van der Waals surface area (Å²) in [5.41, 5.74) is 2.54. The van der Waals surface area contributed by atoms with E-state index >= 15 is 0 Å². The van der Waals surface area contributed by atoms with Gasteiger partial charge < -0.3 is 5.11 Å². The van der Waals surface area contributed by atoms with Crippen molar-refractivity contribution >= 4 is 5.97 Å². The summed E-state index contributed by atoms with van der Waals surface area (Å²) in [5, 5.41) is 9.27. The fraction of sp³-hybridized carbons (Fsp3) is 0.588. The molecule has 1 unspecified atom stereocenters. The quantitative estimate of drug-likeness (QED) is 0.860. The van der Waals surface area contributed by atoms with Crippen molar-refractivity contribution in [3.8, 4) is 0 Å². The van der Waals surface area contributed by atoms with Crippen molar-refractivity contribution in [1.29, 1.82) is 0 Å². The van der Waals surface area contributed by atoms with Crippen LogP contribution in [0, 0.1) is 11.8 Å². The summed E-state index contributed by atoms with van der Waals surface area (Å²) < 4.78 is 0. The number of carboxylic acids is 1. The molecule has 0 aliphatic rings. The van der Waals surface area contributed by atoms with Crippen molar-refractivity contribution in [2.24, 2.45) is 11.8 Å². The highest BCUT2D eigenvalue weighted by molar-refractivity contribution is 5.70. The molecule has 0 saturated carbocycles. The van der Waals surface area contributed by atoms with E-state index in [9.17, 15) is 9.90 Å². The second-order valence-corrected chi connectivity index (χ2v) is 6.82. The van der Waals surface area contributed by atoms with E-state index in [1.165, 1.54) is 5.56 Å². The molecule has 1 atom stereocenters. The van der Waals surface area contributed by atoms with Crippen LogP contribution in [-0.4, -0.2) is 11.1 Å². The summed E-state index contributed by atoms with van der Waals surface area (Å²) in [6.45, 7) is 10.7. The lowest BCUT2D eigenvalue weighted by Crippen LogP contribution is -2.18. The van der Waals surface area contributed by atoms with Gasteiger partial charge in [0.05, 0.1) is 5.92 Å². The van der Waals surface area contributed by atoms with E-state index in [1.54, 1.807) is 0 Å². The first kappa shape index (κ1) is 15.7. The summed E-state index contributed by atoms with van der Waals surface area (Å²) in [4.78, 5) is 11.3. The molecule has 0 spiro atoms. The number of carboxylic acid groups (broad SMARTS) is 1. The lowest BCUT2D eigenvalue weighted by atomic mass is 9.85. The fourth-order valence-corrected chi connectivity index (χ4v) is 2.27. The zero-order chi connectivity index (χ0) is 14.6. The average Bonchev–Trinajstić information content (AvgIpc) is 2.27. The van der Waals surface area contributed by atoms with Gasteiger partial charge in [0.1, 0.15) is 0 Å². The van der Waals surface area contributed by atoms with Gasteiger partial charge in [-0.25, -0.2) is 0 Å². The van der Waals surface area contributed by atoms with Gasteiger partial charge in [-0.1, -0.05) is 58.9 Å². The molecule has 1 rings (SSSR count). The highest BCUT2D eigenvalue weighted by Crippen LogP contribution is 2.24. The van der Waals surface area contributed by atoms with Gasteiger partial charge in [0.15, 0.2) is 0 Å². The van der Waals surface area contributed by atoms with E-state index in [1.807, 2.05) is 0 Å². The first-order valence-corrected chi connectivity index (χ1v) is 7.02. The summed E-state index contributed by atoms with van der Waals surface area (Å²) in [6.07, 6.45) is 1.36. The number of carbonyl (C=O) groups is 1. The molecule has 0 radical (unpaired) electrons. The van der Waals surface area contributed by atoms with Crippen LogP contribution in [0.1, 0.15) is 52.2 Å².